The Labute approximate surface area is 130 Å². The number of hydrogen-bond acceptors (Lipinski definition) is 3. The minimum Gasteiger partial charge on any atom is -0.313 e. The van der Waals surface area contributed by atoms with Crippen LogP contribution in [0.2, 0.25) is 10.0 Å². The molecule has 112 valence electrons. The molecule has 0 spiro atoms. The third kappa shape index (κ3) is 3.86. The third-order valence-electron chi connectivity index (χ3n) is 3.43. The fraction of sp³-hybridized carbons (Fsp3) is 0.538. The van der Waals surface area contributed by atoms with Crippen molar-refractivity contribution in [3.63, 3.8) is 0 Å². The van der Waals surface area contributed by atoms with Gasteiger partial charge in [-0.25, -0.2) is 8.42 Å². The van der Waals surface area contributed by atoms with Crippen LogP contribution >= 0.6 is 23.2 Å². The summed E-state index contributed by atoms with van der Waals surface area (Å²) in [6.07, 6.45) is 3.28. The van der Waals surface area contributed by atoms with Crippen molar-refractivity contribution in [2.24, 2.45) is 0 Å². The van der Waals surface area contributed by atoms with Crippen molar-refractivity contribution in [2.45, 2.75) is 30.2 Å². The van der Waals surface area contributed by atoms with Crippen LogP contribution in [0.3, 0.4) is 0 Å². The summed E-state index contributed by atoms with van der Waals surface area (Å²) in [5.41, 5.74) is 0. The highest BCUT2D eigenvalue weighted by molar-refractivity contribution is 7.89. The molecule has 1 aromatic carbocycles. The first-order valence-corrected chi connectivity index (χ1v) is 8.75. The van der Waals surface area contributed by atoms with Crippen molar-refractivity contribution in [3.8, 4) is 0 Å². The van der Waals surface area contributed by atoms with Crippen LogP contribution < -0.4 is 5.32 Å². The SMILES string of the molecule is CN(CC1CCCCN1)S(=O)(=O)c1cc(Cl)cc(Cl)c1. The zero-order valence-corrected chi connectivity index (χ0v) is 13.6. The lowest BCUT2D eigenvalue weighted by molar-refractivity contribution is 0.337. The molecule has 0 aromatic heterocycles. The Bertz CT molecular complexity index is 551. The van der Waals surface area contributed by atoms with E-state index in [-0.39, 0.29) is 10.9 Å². The van der Waals surface area contributed by atoms with Crippen LogP contribution in [-0.4, -0.2) is 38.9 Å². The van der Waals surface area contributed by atoms with Gasteiger partial charge in [0.15, 0.2) is 0 Å². The summed E-state index contributed by atoms with van der Waals surface area (Å²) in [4.78, 5) is 0.133. The molecule has 0 aliphatic carbocycles. The number of piperidine rings is 1. The molecule has 1 aliphatic heterocycles. The second kappa shape index (κ2) is 6.62. The lowest BCUT2D eigenvalue weighted by Crippen LogP contribution is -2.44. The van der Waals surface area contributed by atoms with Gasteiger partial charge in [-0.3, -0.25) is 0 Å². The van der Waals surface area contributed by atoms with E-state index < -0.39 is 10.0 Å². The molecule has 0 saturated carbocycles. The summed E-state index contributed by atoms with van der Waals surface area (Å²) in [5, 5.41) is 3.98. The van der Waals surface area contributed by atoms with Crippen LogP contribution in [0, 0.1) is 0 Å². The van der Waals surface area contributed by atoms with Crippen molar-refractivity contribution >= 4 is 33.2 Å². The Kier molecular flexibility index (Phi) is 5.31. The molecule has 4 nitrogen and oxygen atoms in total. The first-order valence-electron chi connectivity index (χ1n) is 6.55. The van der Waals surface area contributed by atoms with Crippen LogP contribution in [0.25, 0.3) is 0 Å². The van der Waals surface area contributed by atoms with Gasteiger partial charge in [-0.2, -0.15) is 4.31 Å². The lowest BCUT2D eigenvalue weighted by Gasteiger charge is -2.27. The summed E-state index contributed by atoms with van der Waals surface area (Å²) in [5.74, 6) is 0. The van der Waals surface area contributed by atoms with Gasteiger partial charge >= 0.3 is 0 Å². The predicted molar refractivity (Wildman–Crippen MR) is 81.9 cm³/mol. The van der Waals surface area contributed by atoms with Crippen molar-refractivity contribution in [1.29, 1.82) is 0 Å². The zero-order chi connectivity index (χ0) is 14.8. The Morgan fingerprint density at radius 2 is 1.90 bits per heavy atom. The number of halogens is 2. The van der Waals surface area contributed by atoms with Crippen LogP contribution in [0.5, 0.6) is 0 Å². The molecule has 2 rings (SSSR count). The molecule has 20 heavy (non-hydrogen) atoms. The average molecular weight is 337 g/mol. The van der Waals surface area contributed by atoms with E-state index >= 15 is 0 Å². The smallest absolute Gasteiger partial charge is 0.242 e. The molecule has 1 aromatic rings. The highest BCUT2D eigenvalue weighted by atomic mass is 35.5. The van der Waals surface area contributed by atoms with Gasteiger partial charge in [-0.1, -0.05) is 29.6 Å². The van der Waals surface area contributed by atoms with E-state index in [1.165, 1.54) is 22.5 Å². The third-order valence-corrected chi connectivity index (χ3v) is 5.67. The quantitative estimate of drug-likeness (QED) is 0.919. The summed E-state index contributed by atoms with van der Waals surface area (Å²) < 4.78 is 26.3. The molecule has 1 fully saturated rings. The number of nitrogens with one attached hydrogen (secondary N) is 1. The molecule has 1 N–H and O–H groups in total. The van der Waals surface area contributed by atoms with E-state index in [0.717, 1.165) is 25.8 Å². The Morgan fingerprint density at radius 3 is 2.45 bits per heavy atom. The van der Waals surface area contributed by atoms with Gasteiger partial charge in [0, 0.05) is 29.7 Å². The normalized spacial score (nSPS) is 20.3. The molecule has 1 unspecified atom stereocenters. The Hall–Kier alpha value is -0.330. The minimum absolute atomic E-state index is 0.133. The topological polar surface area (TPSA) is 49.4 Å². The highest BCUT2D eigenvalue weighted by Gasteiger charge is 2.25. The van der Waals surface area contributed by atoms with Crippen LogP contribution in [0.15, 0.2) is 23.1 Å². The Balaban J connectivity index is 2.15. The Morgan fingerprint density at radius 1 is 1.25 bits per heavy atom. The van der Waals surface area contributed by atoms with Crippen molar-refractivity contribution in [3.05, 3.63) is 28.2 Å². The summed E-state index contributed by atoms with van der Waals surface area (Å²) >= 11 is 11.7. The second-order valence-electron chi connectivity index (χ2n) is 5.04. The molecule has 1 saturated heterocycles. The summed E-state index contributed by atoms with van der Waals surface area (Å²) in [6.45, 7) is 1.40. The van der Waals surface area contributed by atoms with Gasteiger partial charge < -0.3 is 5.32 Å². The monoisotopic (exact) mass is 336 g/mol. The van der Waals surface area contributed by atoms with E-state index in [4.69, 9.17) is 23.2 Å². The fourth-order valence-corrected chi connectivity index (χ4v) is 4.29. The maximum Gasteiger partial charge on any atom is 0.242 e. The van der Waals surface area contributed by atoms with E-state index in [2.05, 4.69) is 5.32 Å². The number of hydrogen-bond donors (Lipinski definition) is 1. The average Bonchev–Trinajstić information content (AvgIpc) is 2.38. The van der Waals surface area contributed by atoms with Gasteiger partial charge in [0.1, 0.15) is 0 Å². The van der Waals surface area contributed by atoms with Crippen LogP contribution in [0.4, 0.5) is 0 Å². The fourth-order valence-electron chi connectivity index (χ4n) is 2.35. The highest BCUT2D eigenvalue weighted by Crippen LogP contribution is 2.24. The molecule has 1 aliphatic rings. The molecule has 1 atom stereocenters. The number of sulfonamides is 1. The lowest BCUT2D eigenvalue weighted by atomic mass is 10.1. The van der Waals surface area contributed by atoms with Crippen molar-refractivity contribution in [2.75, 3.05) is 20.1 Å². The van der Waals surface area contributed by atoms with Crippen LogP contribution in [-0.2, 0) is 10.0 Å². The summed E-state index contributed by atoms with van der Waals surface area (Å²) in [6, 6.07) is 4.57. The molecule has 0 amide bonds. The van der Waals surface area contributed by atoms with Crippen molar-refractivity contribution < 1.29 is 8.42 Å². The van der Waals surface area contributed by atoms with E-state index in [9.17, 15) is 8.42 Å². The van der Waals surface area contributed by atoms with Gasteiger partial charge in [-0.05, 0) is 37.6 Å². The first-order chi connectivity index (χ1) is 9.39. The minimum atomic E-state index is -3.56. The molecular weight excluding hydrogens is 319 g/mol. The number of nitrogens with zero attached hydrogens (tertiary/aromatic N) is 1. The van der Waals surface area contributed by atoms with E-state index in [1.807, 2.05) is 0 Å². The predicted octanol–water partition coefficient (Wildman–Crippen LogP) is 2.76. The standard InChI is InChI=1S/C13H18Cl2N2O2S/c1-17(9-12-4-2-3-5-16-12)20(18,19)13-7-10(14)6-11(15)8-13/h6-8,12,16H,2-5,9H2,1H3. The number of rotatable bonds is 4. The molecule has 0 radical (unpaired) electrons. The zero-order valence-electron chi connectivity index (χ0n) is 11.3. The van der Waals surface area contributed by atoms with Gasteiger partial charge in [0.25, 0.3) is 0 Å². The van der Waals surface area contributed by atoms with Gasteiger partial charge in [0.05, 0.1) is 4.90 Å². The van der Waals surface area contributed by atoms with E-state index in [0.29, 0.717) is 16.6 Å². The largest absolute Gasteiger partial charge is 0.313 e. The number of benzene rings is 1. The number of likely N-dealkylation sites (N-methyl/N-ethyl adjacent to an activating group) is 1. The van der Waals surface area contributed by atoms with E-state index in [1.54, 1.807) is 7.05 Å². The first kappa shape index (κ1) is 16.0. The maximum absolute atomic E-state index is 12.5. The molecule has 7 heteroatoms. The second-order valence-corrected chi connectivity index (χ2v) is 7.96. The van der Waals surface area contributed by atoms with Gasteiger partial charge in [0.2, 0.25) is 10.0 Å². The summed E-state index contributed by atoms with van der Waals surface area (Å²) in [7, 11) is -1.98. The molecule has 1 heterocycles. The molecular formula is C13H18Cl2N2O2S. The maximum atomic E-state index is 12.5. The van der Waals surface area contributed by atoms with Crippen molar-refractivity contribution in [1.82, 2.24) is 9.62 Å². The van der Waals surface area contributed by atoms with Gasteiger partial charge in [-0.15, -0.1) is 0 Å². The van der Waals surface area contributed by atoms with Crippen LogP contribution in [0.1, 0.15) is 19.3 Å². The molecule has 0 bridgehead atoms.